The van der Waals surface area contributed by atoms with Crippen LogP contribution < -0.4 is 0 Å². The number of nitrogens with zero attached hydrogens (tertiary/aromatic N) is 1. The van der Waals surface area contributed by atoms with Gasteiger partial charge in [-0.25, -0.2) is 9.18 Å². The number of esters is 2. The zero-order chi connectivity index (χ0) is 27.0. The summed E-state index contributed by atoms with van der Waals surface area (Å²) >= 11 is 0. The van der Waals surface area contributed by atoms with Gasteiger partial charge in [-0.1, -0.05) is 42.5 Å². The number of hydrogen-bond donors (Lipinski definition) is 0. The van der Waals surface area contributed by atoms with Crippen molar-refractivity contribution in [3.05, 3.63) is 71.5 Å². The maximum atomic E-state index is 14.0. The summed E-state index contributed by atoms with van der Waals surface area (Å²) in [5, 5.41) is 0. The Hall–Kier alpha value is -3.75. The van der Waals surface area contributed by atoms with Crippen LogP contribution in [0.2, 0.25) is 0 Å². The first-order valence-electron chi connectivity index (χ1n) is 12.2. The summed E-state index contributed by atoms with van der Waals surface area (Å²) in [5.41, 5.74) is 0.125. The number of halogens is 1. The molecular formula is C28H32FNO7. The van der Waals surface area contributed by atoms with Crippen molar-refractivity contribution in [2.45, 2.75) is 57.8 Å². The van der Waals surface area contributed by atoms with Gasteiger partial charge in [0.05, 0.1) is 7.11 Å². The number of ketones is 1. The molecular weight excluding hydrogens is 481 g/mol. The molecule has 0 bridgehead atoms. The minimum absolute atomic E-state index is 0.0330. The predicted octanol–water partition coefficient (Wildman–Crippen LogP) is 4.24. The van der Waals surface area contributed by atoms with Crippen molar-refractivity contribution < 1.29 is 37.8 Å². The topological polar surface area (TPSA) is 99.2 Å². The smallest absolute Gasteiger partial charge is 0.410 e. The summed E-state index contributed by atoms with van der Waals surface area (Å²) in [6, 6.07) is 14.9. The maximum Gasteiger partial charge on any atom is 0.410 e. The highest BCUT2D eigenvalue weighted by Gasteiger charge is 2.51. The summed E-state index contributed by atoms with van der Waals surface area (Å²) in [4.78, 5) is 52.7. The van der Waals surface area contributed by atoms with E-state index in [1.807, 2.05) is 30.3 Å². The van der Waals surface area contributed by atoms with E-state index in [9.17, 15) is 23.6 Å². The van der Waals surface area contributed by atoms with Gasteiger partial charge in [0.2, 0.25) is 0 Å². The third-order valence-corrected chi connectivity index (χ3v) is 6.67. The summed E-state index contributed by atoms with van der Waals surface area (Å²) in [7, 11) is 1.19. The molecule has 0 aliphatic carbocycles. The van der Waals surface area contributed by atoms with Gasteiger partial charge in [-0.05, 0) is 43.0 Å². The highest BCUT2D eigenvalue weighted by molar-refractivity contribution is 5.95. The minimum atomic E-state index is -1.33. The van der Waals surface area contributed by atoms with E-state index in [-0.39, 0.29) is 31.8 Å². The Morgan fingerprint density at radius 2 is 1.70 bits per heavy atom. The Bertz CT molecular complexity index is 1110. The van der Waals surface area contributed by atoms with E-state index in [0.29, 0.717) is 18.4 Å². The summed E-state index contributed by atoms with van der Waals surface area (Å²) < 4.78 is 29.2. The molecule has 0 spiro atoms. The quantitative estimate of drug-likeness (QED) is 0.346. The van der Waals surface area contributed by atoms with E-state index in [4.69, 9.17) is 14.2 Å². The average molecular weight is 514 g/mol. The fourth-order valence-electron chi connectivity index (χ4n) is 4.78. The number of rotatable bonds is 10. The Kier molecular flexibility index (Phi) is 9.38. The van der Waals surface area contributed by atoms with Crippen molar-refractivity contribution in [3.63, 3.8) is 0 Å². The van der Waals surface area contributed by atoms with E-state index in [1.54, 1.807) is 12.1 Å². The van der Waals surface area contributed by atoms with Crippen LogP contribution in [0.5, 0.6) is 0 Å². The lowest BCUT2D eigenvalue weighted by molar-refractivity contribution is -0.160. The van der Waals surface area contributed by atoms with Gasteiger partial charge in [0.15, 0.2) is 5.78 Å². The summed E-state index contributed by atoms with van der Waals surface area (Å²) in [5.74, 6) is -3.16. The molecule has 0 radical (unpaired) electrons. The standard InChI is InChI=1S/C28H32FNO7/c1-19(37-20(2)31)24(26(33)35-3)16-25(32)28(17-21-10-12-23(29)13-11-21)14-7-15-30(28)27(34)36-18-22-8-5-4-6-9-22/h4-6,8-13,19,24H,7,14-18H2,1-3H3/t19-,24+,28?/m1/s1. The highest BCUT2D eigenvalue weighted by atomic mass is 19.1. The second-order valence-electron chi connectivity index (χ2n) is 9.20. The lowest BCUT2D eigenvalue weighted by Gasteiger charge is -2.38. The van der Waals surface area contributed by atoms with Crippen molar-refractivity contribution in [2.75, 3.05) is 13.7 Å². The Morgan fingerprint density at radius 3 is 2.32 bits per heavy atom. The molecule has 1 heterocycles. The zero-order valence-electron chi connectivity index (χ0n) is 21.3. The molecule has 1 saturated heterocycles. The third kappa shape index (κ3) is 6.93. The molecule has 9 heteroatoms. The average Bonchev–Trinajstić information content (AvgIpc) is 3.31. The van der Waals surface area contributed by atoms with Crippen LogP contribution in [-0.2, 0) is 41.6 Å². The van der Waals surface area contributed by atoms with Gasteiger partial charge in [-0.15, -0.1) is 0 Å². The summed E-state index contributed by atoms with van der Waals surface area (Å²) in [6.45, 7) is 3.04. The van der Waals surface area contributed by atoms with Crippen molar-refractivity contribution >= 4 is 23.8 Å². The molecule has 0 saturated carbocycles. The van der Waals surface area contributed by atoms with E-state index in [0.717, 1.165) is 5.56 Å². The molecule has 3 rings (SSSR count). The molecule has 0 aromatic heterocycles. The number of methoxy groups -OCH3 is 1. The Labute approximate surface area is 215 Å². The molecule has 1 unspecified atom stereocenters. The molecule has 1 fully saturated rings. The van der Waals surface area contributed by atoms with Crippen LogP contribution in [0, 0.1) is 11.7 Å². The van der Waals surface area contributed by atoms with Crippen LogP contribution in [0.25, 0.3) is 0 Å². The van der Waals surface area contributed by atoms with Crippen LogP contribution in [-0.4, -0.2) is 54.0 Å². The number of carbonyl (C=O) groups is 4. The number of Topliss-reactive ketones (excluding diaryl/α,β-unsaturated/α-hetero) is 1. The molecule has 1 aliphatic heterocycles. The number of hydrogen-bond acceptors (Lipinski definition) is 7. The fraction of sp³-hybridized carbons (Fsp3) is 0.429. The first-order valence-corrected chi connectivity index (χ1v) is 12.2. The second kappa shape index (κ2) is 12.5. The van der Waals surface area contributed by atoms with E-state index in [1.165, 1.54) is 38.0 Å². The third-order valence-electron chi connectivity index (χ3n) is 6.67. The van der Waals surface area contributed by atoms with Crippen molar-refractivity contribution in [1.82, 2.24) is 4.90 Å². The SMILES string of the molecule is COC(=O)[C@@H](CC(=O)C1(Cc2ccc(F)cc2)CCCN1C(=O)OCc1ccccc1)[C@@H](C)OC(C)=O. The molecule has 1 aliphatic rings. The molecule has 2 aromatic rings. The molecule has 198 valence electrons. The molecule has 1 amide bonds. The Morgan fingerprint density at radius 1 is 1.03 bits per heavy atom. The van der Waals surface area contributed by atoms with Gasteiger partial charge < -0.3 is 14.2 Å². The van der Waals surface area contributed by atoms with Gasteiger partial charge in [0.1, 0.15) is 30.0 Å². The van der Waals surface area contributed by atoms with Crippen LogP contribution in [0.3, 0.4) is 0 Å². The summed E-state index contributed by atoms with van der Waals surface area (Å²) in [6.07, 6.45) is -0.904. The zero-order valence-corrected chi connectivity index (χ0v) is 21.3. The molecule has 0 N–H and O–H groups in total. The number of ether oxygens (including phenoxy) is 3. The molecule has 3 atom stereocenters. The lowest BCUT2D eigenvalue weighted by Crippen LogP contribution is -2.55. The number of likely N-dealkylation sites (tertiary alicyclic amines) is 1. The van der Waals surface area contributed by atoms with Crippen LogP contribution in [0.15, 0.2) is 54.6 Å². The molecule has 37 heavy (non-hydrogen) atoms. The van der Waals surface area contributed by atoms with Crippen molar-refractivity contribution in [2.24, 2.45) is 5.92 Å². The largest absolute Gasteiger partial charge is 0.469 e. The van der Waals surface area contributed by atoms with Crippen LogP contribution in [0.4, 0.5) is 9.18 Å². The first kappa shape index (κ1) is 27.8. The lowest BCUT2D eigenvalue weighted by atomic mass is 9.79. The second-order valence-corrected chi connectivity index (χ2v) is 9.20. The molecule has 8 nitrogen and oxygen atoms in total. The van der Waals surface area contributed by atoms with Crippen LogP contribution >= 0.6 is 0 Å². The van der Waals surface area contributed by atoms with Crippen molar-refractivity contribution in [3.8, 4) is 0 Å². The van der Waals surface area contributed by atoms with Crippen LogP contribution in [0.1, 0.15) is 44.2 Å². The van der Waals surface area contributed by atoms with E-state index in [2.05, 4.69) is 0 Å². The van der Waals surface area contributed by atoms with Gasteiger partial charge in [0.25, 0.3) is 0 Å². The van der Waals surface area contributed by atoms with Gasteiger partial charge in [-0.2, -0.15) is 0 Å². The number of carbonyl (C=O) groups excluding carboxylic acids is 4. The normalized spacial score (nSPS) is 18.5. The number of amides is 1. The van der Waals surface area contributed by atoms with Gasteiger partial charge in [0, 0.05) is 26.3 Å². The molecule has 2 aromatic carbocycles. The first-order chi connectivity index (χ1) is 17.7. The van der Waals surface area contributed by atoms with Crippen molar-refractivity contribution in [1.29, 1.82) is 0 Å². The van der Waals surface area contributed by atoms with E-state index >= 15 is 0 Å². The monoisotopic (exact) mass is 513 g/mol. The van der Waals surface area contributed by atoms with E-state index < -0.39 is 41.4 Å². The predicted molar refractivity (Wildman–Crippen MR) is 132 cm³/mol. The van der Waals surface area contributed by atoms with Gasteiger partial charge >= 0.3 is 18.0 Å². The fourth-order valence-corrected chi connectivity index (χ4v) is 4.78. The number of benzene rings is 2. The minimum Gasteiger partial charge on any atom is -0.469 e. The highest BCUT2D eigenvalue weighted by Crippen LogP contribution is 2.37. The maximum absolute atomic E-state index is 14.0. The van der Waals surface area contributed by atoms with Gasteiger partial charge in [-0.3, -0.25) is 19.3 Å². The Balaban J connectivity index is 1.91.